The minimum absolute atomic E-state index is 0.00490. The fraction of sp³-hybridized carbons (Fsp3) is 0.240. The van der Waals surface area contributed by atoms with Crippen molar-refractivity contribution in [2.45, 2.75) is 6.04 Å². The smallest absolute Gasteiger partial charge is 0.253 e. The molecule has 0 spiro atoms. The third-order valence-electron chi connectivity index (χ3n) is 5.92. The number of hydrogen-bond donors (Lipinski definition) is 1. The highest BCUT2D eigenvalue weighted by atomic mass is 19.1. The van der Waals surface area contributed by atoms with Crippen molar-refractivity contribution in [3.63, 3.8) is 0 Å². The number of hydrogen-bond acceptors (Lipinski definition) is 5. The lowest BCUT2D eigenvalue weighted by atomic mass is 10.0. The van der Waals surface area contributed by atoms with Crippen molar-refractivity contribution in [1.29, 1.82) is 0 Å². The van der Waals surface area contributed by atoms with Crippen LogP contribution in [0.3, 0.4) is 0 Å². The molecule has 1 fully saturated rings. The first kappa shape index (κ1) is 21.2. The van der Waals surface area contributed by atoms with E-state index in [0.717, 1.165) is 18.7 Å². The number of aromatic nitrogens is 3. The molecule has 3 heterocycles. The maximum atomic E-state index is 14.8. The maximum absolute atomic E-state index is 14.8. The number of ether oxygens (including phenoxy) is 1. The van der Waals surface area contributed by atoms with Crippen molar-refractivity contribution < 1.29 is 13.9 Å². The molecule has 4 aromatic rings. The van der Waals surface area contributed by atoms with Gasteiger partial charge in [-0.2, -0.15) is 0 Å². The van der Waals surface area contributed by atoms with Gasteiger partial charge in [0, 0.05) is 43.6 Å². The van der Waals surface area contributed by atoms with Crippen LogP contribution in [0.1, 0.15) is 22.0 Å². The van der Waals surface area contributed by atoms with Gasteiger partial charge in [0.2, 0.25) is 5.95 Å². The van der Waals surface area contributed by atoms with Crippen LogP contribution in [0.25, 0.3) is 16.9 Å². The van der Waals surface area contributed by atoms with Gasteiger partial charge in [0.1, 0.15) is 5.82 Å². The quantitative estimate of drug-likeness (QED) is 0.493. The SMILES string of the molecule is O=C(NCC(c1ccccc1)N1CCOCC1)c1cn(-c2ncccn2)c2cccc(F)c12. The van der Waals surface area contributed by atoms with Gasteiger partial charge in [-0.1, -0.05) is 36.4 Å². The first-order valence-electron chi connectivity index (χ1n) is 10.9. The monoisotopic (exact) mass is 445 g/mol. The first-order valence-corrected chi connectivity index (χ1v) is 10.9. The van der Waals surface area contributed by atoms with Crippen LogP contribution in [-0.2, 0) is 4.74 Å². The lowest BCUT2D eigenvalue weighted by Gasteiger charge is -2.34. The molecule has 0 saturated carbocycles. The number of amides is 1. The topological polar surface area (TPSA) is 72.3 Å². The van der Waals surface area contributed by atoms with E-state index in [1.54, 1.807) is 41.4 Å². The largest absolute Gasteiger partial charge is 0.379 e. The van der Waals surface area contributed by atoms with Crippen LogP contribution in [0.15, 0.2) is 73.2 Å². The summed E-state index contributed by atoms with van der Waals surface area (Å²) in [5.41, 5.74) is 1.91. The van der Waals surface area contributed by atoms with E-state index in [-0.39, 0.29) is 22.9 Å². The normalized spacial score (nSPS) is 15.4. The molecule has 33 heavy (non-hydrogen) atoms. The van der Waals surface area contributed by atoms with Crippen LogP contribution in [0.2, 0.25) is 0 Å². The van der Waals surface area contributed by atoms with Crippen LogP contribution < -0.4 is 5.32 Å². The number of carbonyl (C=O) groups is 1. The third kappa shape index (κ3) is 4.35. The number of fused-ring (bicyclic) bond motifs is 1. The molecular formula is C25H24FN5O2. The van der Waals surface area contributed by atoms with Gasteiger partial charge < -0.3 is 10.1 Å². The summed E-state index contributed by atoms with van der Waals surface area (Å²) in [7, 11) is 0. The zero-order chi connectivity index (χ0) is 22.6. The van der Waals surface area contributed by atoms with E-state index in [1.807, 2.05) is 18.2 Å². The van der Waals surface area contributed by atoms with Gasteiger partial charge in [-0.15, -0.1) is 0 Å². The Labute approximate surface area is 190 Å². The van der Waals surface area contributed by atoms with Crippen molar-refractivity contribution in [3.8, 4) is 5.95 Å². The van der Waals surface area contributed by atoms with Gasteiger partial charge in [-0.05, 0) is 23.8 Å². The van der Waals surface area contributed by atoms with Crippen molar-refractivity contribution in [3.05, 3.63) is 90.1 Å². The molecule has 1 unspecified atom stereocenters. The number of carbonyl (C=O) groups excluding carboxylic acids is 1. The molecule has 168 valence electrons. The molecule has 0 bridgehead atoms. The highest BCUT2D eigenvalue weighted by Crippen LogP contribution is 2.27. The van der Waals surface area contributed by atoms with Gasteiger partial charge in [0.15, 0.2) is 0 Å². The van der Waals surface area contributed by atoms with Gasteiger partial charge in [0.25, 0.3) is 5.91 Å². The molecule has 1 aliphatic heterocycles. The minimum atomic E-state index is -0.458. The Morgan fingerprint density at radius 1 is 1.03 bits per heavy atom. The fourth-order valence-electron chi connectivity index (χ4n) is 4.30. The van der Waals surface area contributed by atoms with E-state index in [4.69, 9.17) is 4.74 Å². The standard InChI is InChI=1S/C25H24FN5O2/c26-20-8-4-9-21-23(20)19(17-31(21)25-27-10-5-11-28-25)24(32)29-16-22(18-6-2-1-3-7-18)30-12-14-33-15-13-30/h1-11,17,22H,12-16H2,(H,29,32). The van der Waals surface area contributed by atoms with Crippen LogP contribution in [0.5, 0.6) is 0 Å². The predicted octanol–water partition coefficient (Wildman–Crippen LogP) is 3.36. The summed E-state index contributed by atoms with van der Waals surface area (Å²) in [6.07, 6.45) is 4.82. The molecule has 0 radical (unpaired) electrons. The Morgan fingerprint density at radius 2 is 1.79 bits per heavy atom. The predicted molar refractivity (Wildman–Crippen MR) is 123 cm³/mol. The molecule has 5 rings (SSSR count). The van der Waals surface area contributed by atoms with Gasteiger partial charge in [-0.25, -0.2) is 14.4 Å². The Hall–Kier alpha value is -3.62. The highest BCUT2D eigenvalue weighted by molar-refractivity contribution is 6.07. The van der Waals surface area contributed by atoms with E-state index in [1.165, 1.54) is 6.07 Å². The number of morpholine rings is 1. The Morgan fingerprint density at radius 3 is 2.55 bits per heavy atom. The molecular weight excluding hydrogens is 421 g/mol. The molecule has 1 saturated heterocycles. The maximum Gasteiger partial charge on any atom is 0.253 e. The molecule has 1 amide bonds. The molecule has 2 aromatic carbocycles. The highest BCUT2D eigenvalue weighted by Gasteiger charge is 2.25. The van der Waals surface area contributed by atoms with Gasteiger partial charge >= 0.3 is 0 Å². The summed E-state index contributed by atoms with van der Waals surface area (Å²) in [4.78, 5) is 24.1. The van der Waals surface area contributed by atoms with E-state index >= 15 is 0 Å². The molecule has 8 heteroatoms. The zero-order valence-corrected chi connectivity index (χ0v) is 18.0. The zero-order valence-electron chi connectivity index (χ0n) is 18.0. The number of nitrogens with zero attached hydrogens (tertiary/aromatic N) is 4. The summed E-state index contributed by atoms with van der Waals surface area (Å²) in [5.74, 6) is -0.420. The Balaban J connectivity index is 1.45. The van der Waals surface area contributed by atoms with Crippen molar-refractivity contribution in [1.82, 2.24) is 24.8 Å². The summed E-state index contributed by atoms with van der Waals surface area (Å²) >= 11 is 0. The second-order valence-corrected chi connectivity index (χ2v) is 7.88. The number of benzene rings is 2. The molecule has 7 nitrogen and oxygen atoms in total. The summed E-state index contributed by atoms with van der Waals surface area (Å²) in [6, 6.07) is 16.5. The van der Waals surface area contributed by atoms with Crippen LogP contribution in [0, 0.1) is 5.82 Å². The molecule has 1 aliphatic rings. The first-order chi connectivity index (χ1) is 16.2. The lowest BCUT2D eigenvalue weighted by Crippen LogP contribution is -2.43. The van der Waals surface area contributed by atoms with E-state index in [2.05, 4.69) is 32.3 Å². The Bertz CT molecular complexity index is 1240. The summed E-state index contributed by atoms with van der Waals surface area (Å²) in [5, 5.41) is 3.29. The van der Waals surface area contributed by atoms with Crippen molar-refractivity contribution in [2.24, 2.45) is 0 Å². The number of rotatable bonds is 6. The minimum Gasteiger partial charge on any atom is -0.379 e. The average molecular weight is 445 g/mol. The molecule has 2 aromatic heterocycles. The van der Waals surface area contributed by atoms with E-state index in [9.17, 15) is 9.18 Å². The fourth-order valence-corrected chi connectivity index (χ4v) is 4.30. The average Bonchev–Trinajstić information content (AvgIpc) is 3.27. The second kappa shape index (κ2) is 9.48. The van der Waals surface area contributed by atoms with Gasteiger partial charge in [-0.3, -0.25) is 14.3 Å². The third-order valence-corrected chi connectivity index (χ3v) is 5.92. The number of nitrogens with one attached hydrogen (secondary N) is 1. The van der Waals surface area contributed by atoms with Crippen LogP contribution >= 0.6 is 0 Å². The van der Waals surface area contributed by atoms with Crippen molar-refractivity contribution in [2.75, 3.05) is 32.8 Å². The van der Waals surface area contributed by atoms with Crippen molar-refractivity contribution >= 4 is 16.8 Å². The lowest BCUT2D eigenvalue weighted by molar-refractivity contribution is 0.0162. The van der Waals surface area contributed by atoms with Crippen LogP contribution in [-0.4, -0.2) is 58.2 Å². The molecule has 1 N–H and O–H groups in total. The second-order valence-electron chi connectivity index (χ2n) is 7.88. The number of halogens is 1. The summed E-state index contributed by atoms with van der Waals surface area (Å²) < 4.78 is 22.0. The van der Waals surface area contributed by atoms with E-state index < -0.39 is 5.82 Å². The summed E-state index contributed by atoms with van der Waals surface area (Å²) in [6.45, 7) is 3.29. The van der Waals surface area contributed by atoms with Gasteiger partial charge in [0.05, 0.1) is 30.3 Å². The Kier molecular flexibility index (Phi) is 6.10. The molecule has 1 atom stereocenters. The van der Waals surface area contributed by atoms with E-state index in [0.29, 0.717) is 31.2 Å². The molecule has 0 aliphatic carbocycles. The van der Waals surface area contributed by atoms with Crippen LogP contribution in [0.4, 0.5) is 4.39 Å².